The molecule has 4 N–H and O–H groups in total. The van der Waals surface area contributed by atoms with Gasteiger partial charge in [0.25, 0.3) is 0 Å². The minimum absolute atomic E-state index is 0.341. The van der Waals surface area contributed by atoms with E-state index in [2.05, 4.69) is 5.32 Å². The highest BCUT2D eigenvalue weighted by Crippen LogP contribution is 2.15. The second-order valence-electron chi connectivity index (χ2n) is 4.58. The van der Waals surface area contributed by atoms with Crippen molar-refractivity contribution in [3.05, 3.63) is 35.9 Å². The summed E-state index contributed by atoms with van der Waals surface area (Å²) in [6, 6.07) is 9.50. The third-order valence-electron chi connectivity index (χ3n) is 3.31. The fraction of sp³-hybridized carbons (Fsp3) is 0.538. The number of aliphatic hydroxyl groups is 3. The van der Waals surface area contributed by atoms with Crippen LogP contribution in [0.15, 0.2) is 30.3 Å². The minimum atomic E-state index is -0.874. The van der Waals surface area contributed by atoms with E-state index >= 15 is 0 Å². The maximum atomic E-state index is 9.96. The van der Waals surface area contributed by atoms with Crippen molar-refractivity contribution in [2.75, 3.05) is 6.54 Å². The quantitative estimate of drug-likeness (QED) is 0.579. The molecule has 4 atom stereocenters. The molecule has 1 aliphatic rings. The lowest BCUT2D eigenvalue weighted by atomic mass is 9.99. The van der Waals surface area contributed by atoms with E-state index in [0.29, 0.717) is 13.0 Å². The van der Waals surface area contributed by atoms with E-state index in [1.165, 1.54) is 5.56 Å². The van der Waals surface area contributed by atoms with Gasteiger partial charge in [-0.15, -0.1) is 0 Å². The van der Waals surface area contributed by atoms with Crippen LogP contribution in [0.1, 0.15) is 12.0 Å². The van der Waals surface area contributed by atoms with Gasteiger partial charge in [0.15, 0.2) is 0 Å². The maximum Gasteiger partial charge on any atom is 0.0989 e. The smallest absolute Gasteiger partial charge is 0.0989 e. The summed E-state index contributed by atoms with van der Waals surface area (Å²) in [4.78, 5) is 0. The number of rotatable bonds is 4. The molecule has 1 saturated heterocycles. The van der Waals surface area contributed by atoms with Crippen LogP contribution in [-0.4, -0.2) is 46.2 Å². The second kappa shape index (κ2) is 5.60. The highest BCUT2D eigenvalue weighted by atomic mass is 16.3. The van der Waals surface area contributed by atoms with Crippen LogP contribution in [0.3, 0.4) is 0 Å². The van der Waals surface area contributed by atoms with Crippen LogP contribution in [0.4, 0.5) is 0 Å². The van der Waals surface area contributed by atoms with E-state index < -0.39 is 24.4 Å². The summed E-state index contributed by atoms with van der Waals surface area (Å²) in [5, 5.41) is 31.9. The van der Waals surface area contributed by atoms with Crippen molar-refractivity contribution in [2.24, 2.45) is 0 Å². The van der Waals surface area contributed by atoms with Gasteiger partial charge in [-0.25, -0.2) is 0 Å². The van der Waals surface area contributed by atoms with Gasteiger partial charge in [-0.05, 0) is 18.4 Å². The molecule has 0 saturated carbocycles. The Kier molecular flexibility index (Phi) is 4.12. The highest BCUT2D eigenvalue weighted by molar-refractivity contribution is 5.15. The maximum absolute atomic E-state index is 9.96. The molecule has 4 nitrogen and oxygen atoms in total. The molecule has 0 radical (unpaired) electrons. The van der Waals surface area contributed by atoms with E-state index in [9.17, 15) is 15.3 Å². The number of nitrogens with one attached hydrogen (secondary N) is 1. The average Bonchev–Trinajstić information content (AvgIpc) is 2.69. The van der Waals surface area contributed by atoms with Crippen molar-refractivity contribution in [1.82, 2.24) is 5.32 Å². The first-order valence-corrected chi connectivity index (χ1v) is 6.00. The van der Waals surface area contributed by atoms with Gasteiger partial charge < -0.3 is 20.6 Å². The van der Waals surface area contributed by atoms with Crippen molar-refractivity contribution in [3.63, 3.8) is 0 Å². The van der Waals surface area contributed by atoms with Gasteiger partial charge in [-0.2, -0.15) is 0 Å². The van der Waals surface area contributed by atoms with Crippen LogP contribution in [-0.2, 0) is 6.42 Å². The zero-order chi connectivity index (χ0) is 12.3. The average molecular weight is 237 g/mol. The van der Waals surface area contributed by atoms with Crippen molar-refractivity contribution in [1.29, 1.82) is 0 Å². The van der Waals surface area contributed by atoms with Crippen LogP contribution in [0.5, 0.6) is 0 Å². The number of aryl methyl sites for hydroxylation is 1. The summed E-state index contributed by atoms with van der Waals surface area (Å²) in [5.41, 5.74) is 1.17. The Hall–Kier alpha value is -0.940. The number of benzene rings is 1. The normalized spacial score (nSPS) is 30.4. The van der Waals surface area contributed by atoms with Crippen LogP contribution in [0, 0.1) is 0 Å². The number of aliphatic hydroxyl groups excluding tert-OH is 3. The lowest BCUT2D eigenvalue weighted by Gasteiger charge is -2.22. The van der Waals surface area contributed by atoms with Gasteiger partial charge in [0.1, 0.15) is 0 Å². The van der Waals surface area contributed by atoms with Gasteiger partial charge >= 0.3 is 0 Å². The Balaban J connectivity index is 1.84. The molecule has 1 aromatic rings. The van der Waals surface area contributed by atoms with Crippen LogP contribution in [0.25, 0.3) is 0 Å². The lowest BCUT2D eigenvalue weighted by molar-refractivity contribution is 0.00483. The summed E-state index contributed by atoms with van der Waals surface area (Å²) in [5.74, 6) is 0. The lowest BCUT2D eigenvalue weighted by Crippen LogP contribution is -2.43. The molecular formula is C13H19NO3. The van der Waals surface area contributed by atoms with E-state index in [1.807, 2.05) is 30.3 Å². The fourth-order valence-corrected chi connectivity index (χ4v) is 2.24. The first-order valence-electron chi connectivity index (χ1n) is 6.00. The minimum Gasteiger partial charge on any atom is -0.391 e. The molecule has 17 heavy (non-hydrogen) atoms. The standard InChI is InChI=1S/C13H19NO3/c15-10(12-13(17)11(16)8-14-12)7-6-9-4-2-1-3-5-9/h1-5,10-17H,6-8H2/t10-,11-,12+,13-/m1/s1. The summed E-state index contributed by atoms with van der Waals surface area (Å²) in [7, 11) is 0. The molecule has 0 amide bonds. The zero-order valence-corrected chi connectivity index (χ0v) is 9.66. The first kappa shape index (κ1) is 12.5. The van der Waals surface area contributed by atoms with Gasteiger partial charge in [0.2, 0.25) is 0 Å². The van der Waals surface area contributed by atoms with E-state index in [1.54, 1.807) is 0 Å². The van der Waals surface area contributed by atoms with Gasteiger partial charge in [0.05, 0.1) is 24.4 Å². The molecular weight excluding hydrogens is 218 g/mol. The molecule has 4 heteroatoms. The molecule has 1 heterocycles. The van der Waals surface area contributed by atoms with Crippen molar-refractivity contribution >= 4 is 0 Å². The number of hydrogen-bond donors (Lipinski definition) is 4. The van der Waals surface area contributed by atoms with Gasteiger partial charge in [-0.3, -0.25) is 0 Å². The van der Waals surface area contributed by atoms with E-state index in [0.717, 1.165) is 6.42 Å². The van der Waals surface area contributed by atoms with Crippen LogP contribution < -0.4 is 5.32 Å². The Labute approximate surface area is 101 Å². The molecule has 94 valence electrons. The molecule has 0 aromatic heterocycles. The van der Waals surface area contributed by atoms with Crippen molar-refractivity contribution < 1.29 is 15.3 Å². The predicted molar refractivity (Wildman–Crippen MR) is 64.6 cm³/mol. The second-order valence-corrected chi connectivity index (χ2v) is 4.58. The predicted octanol–water partition coefficient (Wildman–Crippen LogP) is -0.326. The monoisotopic (exact) mass is 237 g/mol. The molecule has 0 spiro atoms. The number of hydrogen-bond acceptors (Lipinski definition) is 4. The van der Waals surface area contributed by atoms with Crippen molar-refractivity contribution in [3.8, 4) is 0 Å². The molecule has 1 fully saturated rings. The van der Waals surface area contributed by atoms with E-state index in [4.69, 9.17) is 0 Å². The van der Waals surface area contributed by atoms with E-state index in [-0.39, 0.29) is 0 Å². The molecule has 0 aliphatic carbocycles. The molecule has 2 rings (SSSR count). The Bertz CT molecular complexity index is 344. The topological polar surface area (TPSA) is 72.7 Å². The SMILES string of the molecule is O[C@H]1[C@H]([C@H](O)CCc2ccccc2)NC[C@H]1O. The highest BCUT2D eigenvalue weighted by Gasteiger charge is 2.37. The molecule has 0 bridgehead atoms. The summed E-state index contributed by atoms with van der Waals surface area (Å²) >= 11 is 0. The molecule has 1 aromatic carbocycles. The summed E-state index contributed by atoms with van der Waals surface area (Å²) in [6.07, 6.45) is -0.941. The zero-order valence-electron chi connectivity index (χ0n) is 9.66. The molecule has 1 aliphatic heterocycles. The third-order valence-corrected chi connectivity index (χ3v) is 3.31. The van der Waals surface area contributed by atoms with Crippen LogP contribution in [0.2, 0.25) is 0 Å². The Morgan fingerprint density at radius 3 is 2.53 bits per heavy atom. The Morgan fingerprint density at radius 1 is 1.24 bits per heavy atom. The first-order chi connectivity index (χ1) is 8.18. The Morgan fingerprint density at radius 2 is 1.94 bits per heavy atom. The van der Waals surface area contributed by atoms with Gasteiger partial charge in [0, 0.05) is 6.54 Å². The van der Waals surface area contributed by atoms with Crippen LogP contribution >= 0.6 is 0 Å². The molecule has 0 unspecified atom stereocenters. The number of β-amino-alcohol motifs (C(OH)–C–C–N with tert-alkyl or cyclic N) is 1. The largest absolute Gasteiger partial charge is 0.391 e. The summed E-state index contributed by atoms with van der Waals surface area (Å²) in [6.45, 7) is 0.341. The fourth-order valence-electron chi connectivity index (χ4n) is 2.24. The van der Waals surface area contributed by atoms with Crippen molar-refractivity contribution in [2.45, 2.75) is 37.2 Å². The van der Waals surface area contributed by atoms with Gasteiger partial charge in [-0.1, -0.05) is 30.3 Å². The third kappa shape index (κ3) is 3.04. The summed E-state index contributed by atoms with van der Waals surface area (Å²) < 4.78 is 0.